The lowest BCUT2D eigenvalue weighted by Gasteiger charge is -2.19. The van der Waals surface area contributed by atoms with Crippen molar-refractivity contribution in [1.29, 1.82) is 0 Å². The van der Waals surface area contributed by atoms with E-state index in [-0.39, 0.29) is 5.91 Å². The third-order valence-electron chi connectivity index (χ3n) is 3.33. The number of rotatable bonds is 8. The van der Waals surface area contributed by atoms with Gasteiger partial charge in [-0.3, -0.25) is 10.1 Å². The van der Waals surface area contributed by atoms with Crippen molar-refractivity contribution < 1.29 is 14.3 Å². The highest BCUT2D eigenvalue weighted by atomic mass is 32.1. The number of aromatic nitrogens is 2. The van der Waals surface area contributed by atoms with E-state index in [2.05, 4.69) is 15.5 Å². The number of carbonyl (C=O) groups is 1. The summed E-state index contributed by atoms with van der Waals surface area (Å²) in [5.74, 6) is 0.975. The average molecular weight is 349 g/mol. The molecule has 7 heteroatoms. The Morgan fingerprint density at radius 3 is 2.67 bits per heavy atom. The third kappa shape index (κ3) is 4.67. The molecular weight excluding hydrogens is 326 g/mol. The number of nitrogens with zero attached hydrogens (tertiary/aromatic N) is 2. The van der Waals surface area contributed by atoms with E-state index in [1.165, 1.54) is 11.3 Å². The van der Waals surface area contributed by atoms with E-state index in [0.717, 1.165) is 17.0 Å². The van der Waals surface area contributed by atoms with Crippen molar-refractivity contribution in [3.63, 3.8) is 0 Å². The molecule has 0 bridgehead atoms. The van der Waals surface area contributed by atoms with Gasteiger partial charge in [-0.2, -0.15) is 0 Å². The molecule has 0 saturated heterocycles. The van der Waals surface area contributed by atoms with Crippen LogP contribution < -0.4 is 14.8 Å². The van der Waals surface area contributed by atoms with Crippen LogP contribution >= 0.6 is 11.3 Å². The molecule has 1 heterocycles. The number of anilines is 1. The number of aryl methyl sites for hydroxylation is 2. The second-order valence-corrected chi connectivity index (χ2v) is 6.30. The van der Waals surface area contributed by atoms with Crippen molar-refractivity contribution >= 4 is 22.4 Å². The summed E-state index contributed by atoms with van der Waals surface area (Å²) in [5.41, 5.74) is 1.07. The van der Waals surface area contributed by atoms with Crippen LogP contribution in [0, 0.1) is 6.92 Å². The van der Waals surface area contributed by atoms with Crippen LogP contribution in [0.15, 0.2) is 18.2 Å². The lowest BCUT2D eigenvalue weighted by Crippen LogP contribution is -2.32. The minimum atomic E-state index is -0.624. The number of carbonyl (C=O) groups excluding carboxylic acids is 1. The van der Waals surface area contributed by atoms with E-state index in [1.54, 1.807) is 0 Å². The van der Waals surface area contributed by atoms with Crippen LogP contribution in [0.1, 0.15) is 37.8 Å². The molecule has 1 amide bonds. The van der Waals surface area contributed by atoms with Gasteiger partial charge in [0.05, 0.1) is 6.61 Å². The Balaban J connectivity index is 2.09. The maximum atomic E-state index is 12.4. The third-order valence-corrected chi connectivity index (χ3v) is 4.31. The average Bonchev–Trinajstić information content (AvgIpc) is 3.02. The fourth-order valence-electron chi connectivity index (χ4n) is 2.09. The molecule has 24 heavy (non-hydrogen) atoms. The zero-order valence-corrected chi connectivity index (χ0v) is 15.3. The van der Waals surface area contributed by atoms with Gasteiger partial charge in [0.15, 0.2) is 17.6 Å². The summed E-state index contributed by atoms with van der Waals surface area (Å²) in [6.07, 6.45) is 0.702. The molecule has 2 rings (SSSR count). The number of benzene rings is 1. The van der Waals surface area contributed by atoms with E-state index < -0.39 is 6.10 Å². The van der Waals surface area contributed by atoms with Crippen LogP contribution in [0.25, 0.3) is 0 Å². The van der Waals surface area contributed by atoms with Gasteiger partial charge in [0.25, 0.3) is 5.91 Å². The summed E-state index contributed by atoms with van der Waals surface area (Å²) in [4.78, 5) is 12.4. The second-order valence-electron chi connectivity index (χ2n) is 5.24. The molecule has 0 aliphatic heterocycles. The van der Waals surface area contributed by atoms with E-state index >= 15 is 0 Å². The molecule has 0 fully saturated rings. The number of hydrogen-bond donors (Lipinski definition) is 1. The molecule has 0 spiro atoms. The van der Waals surface area contributed by atoms with Crippen molar-refractivity contribution in [2.45, 2.75) is 46.6 Å². The highest BCUT2D eigenvalue weighted by Gasteiger charge is 2.21. The Morgan fingerprint density at radius 2 is 2.04 bits per heavy atom. The molecular formula is C17H23N3O3S. The lowest BCUT2D eigenvalue weighted by molar-refractivity contribution is -0.122. The largest absolute Gasteiger partial charge is 0.490 e. The molecule has 0 radical (unpaired) electrons. The summed E-state index contributed by atoms with van der Waals surface area (Å²) in [6.45, 7) is 8.33. The summed E-state index contributed by atoms with van der Waals surface area (Å²) in [5, 5.41) is 12.1. The van der Waals surface area contributed by atoms with Crippen LogP contribution in [0.4, 0.5) is 5.13 Å². The van der Waals surface area contributed by atoms with Gasteiger partial charge in [0.2, 0.25) is 5.13 Å². The molecule has 0 aliphatic carbocycles. The molecule has 0 aliphatic rings. The number of amides is 1. The maximum Gasteiger partial charge on any atom is 0.267 e. The topological polar surface area (TPSA) is 73.3 Å². The molecule has 1 aromatic heterocycles. The van der Waals surface area contributed by atoms with Crippen molar-refractivity contribution in [2.24, 2.45) is 0 Å². The Kier molecular flexibility index (Phi) is 6.54. The highest BCUT2D eigenvalue weighted by molar-refractivity contribution is 7.15. The predicted octanol–water partition coefficient (Wildman–Crippen LogP) is 3.60. The molecule has 1 N–H and O–H groups in total. The van der Waals surface area contributed by atoms with Crippen LogP contribution in [0.3, 0.4) is 0 Å². The zero-order chi connectivity index (χ0) is 17.5. The van der Waals surface area contributed by atoms with Crippen LogP contribution in [0.2, 0.25) is 0 Å². The van der Waals surface area contributed by atoms with Gasteiger partial charge in [-0.15, -0.1) is 10.2 Å². The van der Waals surface area contributed by atoms with Gasteiger partial charge in [-0.05, 0) is 44.4 Å². The summed E-state index contributed by atoms with van der Waals surface area (Å²) >= 11 is 1.37. The predicted molar refractivity (Wildman–Crippen MR) is 95.0 cm³/mol. The monoisotopic (exact) mass is 349 g/mol. The van der Waals surface area contributed by atoms with Crippen molar-refractivity contribution in [2.75, 3.05) is 11.9 Å². The van der Waals surface area contributed by atoms with Gasteiger partial charge in [-0.1, -0.05) is 31.3 Å². The van der Waals surface area contributed by atoms with E-state index in [9.17, 15) is 4.79 Å². The van der Waals surface area contributed by atoms with E-state index in [1.807, 2.05) is 45.9 Å². The van der Waals surface area contributed by atoms with Gasteiger partial charge < -0.3 is 9.47 Å². The molecule has 0 saturated carbocycles. The van der Waals surface area contributed by atoms with Crippen molar-refractivity contribution in [3.8, 4) is 11.5 Å². The minimum Gasteiger partial charge on any atom is -0.490 e. The number of hydrogen-bond acceptors (Lipinski definition) is 6. The first-order valence-corrected chi connectivity index (χ1v) is 8.92. The van der Waals surface area contributed by atoms with Crippen molar-refractivity contribution in [1.82, 2.24) is 10.2 Å². The van der Waals surface area contributed by atoms with Gasteiger partial charge >= 0.3 is 0 Å². The number of ether oxygens (including phenoxy) is 2. The highest BCUT2D eigenvalue weighted by Crippen LogP contribution is 2.30. The van der Waals surface area contributed by atoms with Crippen LogP contribution in [0.5, 0.6) is 11.5 Å². The normalized spacial score (nSPS) is 11.8. The molecule has 130 valence electrons. The molecule has 1 aromatic carbocycles. The Bertz CT molecular complexity index is 687. The fraction of sp³-hybridized carbons (Fsp3) is 0.471. The zero-order valence-electron chi connectivity index (χ0n) is 14.5. The first-order valence-electron chi connectivity index (χ1n) is 8.10. The maximum absolute atomic E-state index is 12.4. The SMILES string of the molecule is CCOc1cc(C)ccc1O[C@H](CC)C(=O)Nc1nnc(CC)s1. The first-order chi connectivity index (χ1) is 11.6. The summed E-state index contributed by atoms with van der Waals surface area (Å²) < 4.78 is 11.5. The molecule has 1 atom stereocenters. The summed E-state index contributed by atoms with van der Waals surface area (Å²) in [6, 6.07) is 5.67. The molecule has 2 aromatic rings. The van der Waals surface area contributed by atoms with Gasteiger partial charge in [0.1, 0.15) is 5.01 Å². The van der Waals surface area contributed by atoms with Crippen LogP contribution in [-0.4, -0.2) is 28.8 Å². The smallest absolute Gasteiger partial charge is 0.267 e. The first kappa shape index (κ1) is 18.2. The Labute approximate surface area is 146 Å². The summed E-state index contributed by atoms with van der Waals surface area (Å²) in [7, 11) is 0. The Morgan fingerprint density at radius 1 is 1.25 bits per heavy atom. The standard InChI is InChI=1S/C17H23N3O3S/c1-5-12(16(21)18-17-20-19-15(6-2)24-17)23-13-9-8-11(4)10-14(13)22-7-3/h8-10,12H,5-7H2,1-4H3,(H,18,20,21)/t12-/m1/s1. The molecule has 6 nitrogen and oxygen atoms in total. The fourth-order valence-corrected chi connectivity index (χ4v) is 2.77. The lowest BCUT2D eigenvalue weighted by atomic mass is 10.2. The Hall–Kier alpha value is -2.15. The van der Waals surface area contributed by atoms with Gasteiger partial charge in [-0.25, -0.2) is 0 Å². The molecule has 0 unspecified atom stereocenters. The van der Waals surface area contributed by atoms with E-state index in [4.69, 9.17) is 9.47 Å². The van der Waals surface area contributed by atoms with E-state index in [0.29, 0.717) is 29.7 Å². The second kappa shape index (κ2) is 8.63. The number of nitrogens with one attached hydrogen (secondary N) is 1. The van der Waals surface area contributed by atoms with Crippen LogP contribution in [-0.2, 0) is 11.2 Å². The van der Waals surface area contributed by atoms with Crippen molar-refractivity contribution in [3.05, 3.63) is 28.8 Å². The van der Waals surface area contributed by atoms with Gasteiger partial charge in [0, 0.05) is 0 Å². The quantitative estimate of drug-likeness (QED) is 0.788. The minimum absolute atomic E-state index is 0.237.